The Hall–Kier alpha value is -1.46. The summed E-state index contributed by atoms with van der Waals surface area (Å²) in [6.45, 7) is 4.72. The summed E-state index contributed by atoms with van der Waals surface area (Å²) in [6.07, 6.45) is 1.38. The second-order valence-electron chi connectivity index (χ2n) is 7.06. The van der Waals surface area contributed by atoms with Crippen LogP contribution in [0.5, 0.6) is 0 Å². The molecule has 3 rings (SSSR count). The molecule has 0 aromatic heterocycles. The van der Waals surface area contributed by atoms with Gasteiger partial charge in [0.2, 0.25) is 5.91 Å². The molecule has 0 bridgehead atoms. The highest BCUT2D eigenvalue weighted by molar-refractivity contribution is 6.30. The number of halogens is 3. The van der Waals surface area contributed by atoms with Crippen molar-refractivity contribution >= 4 is 48.0 Å². The average Bonchev–Trinajstić information content (AvgIpc) is 3.11. The van der Waals surface area contributed by atoms with Crippen LogP contribution in [-0.2, 0) is 4.79 Å². The van der Waals surface area contributed by atoms with Crippen LogP contribution in [0.25, 0.3) is 0 Å². The lowest BCUT2D eigenvalue weighted by Gasteiger charge is -2.21. The molecule has 2 aromatic rings. The van der Waals surface area contributed by atoms with Crippen LogP contribution < -0.4 is 16.0 Å². The number of nitrogens with two attached hydrogens (primary N) is 1. The number of amides is 1. The number of nitrogens with one attached hydrogen (secondary N) is 1. The first-order chi connectivity index (χ1) is 12.5. The highest BCUT2D eigenvalue weighted by atomic mass is 35.5. The summed E-state index contributed by atoms with van der Waals surface area (Å²) in [5.74, 6) is 0.462. The van der Waals surface area contributed by atoms with Gasteiger partial charge in [0, 0.05) is 42.8 Å². The lowest BCUT2D eigenvalue weighted by Crippen LogP contribution is -2.33. The van der Waals surface area contributed by atoms with E-state index >= 15 is 0 Å². The standard InChI is InChI=1S/C21H26ClN3O.2ClH/c1-15-7-8-18(22)11-20(15)25-10-9-16(14-25)13-24-21(26)12-19(23)17-5-3-2-4-6-17;;/h2-8,11,16,19H,9-10,12-14,23H2,1H3,(H,24,26);2*1H. The number of nitrogens with zero attached hydrogens (tertiary/aromatic N) is 1. The summed E-state index contributed by atoms with van der Waals surface area (Å²) in [5.41, 5.74) is 9.54. The Morgan fingerprint density at radius 2 is 1.96 bits per heavy atom. The third kappa shape index (κ3) is 6.56. The Labute approximate surface area is 184 Å². The van der Waals surface area contributed by atoms with E-state index in [4.69, 9.17) is 17.3 Å². The predicted octanol–water partition coefficient (Wildman–Crippen LogP) is 4.52. The van der Waals surface area contributed by atoms with E-state index in [0.717, 1.165) is 30.1 Å². The SMILES string of the molecule is Cc1ccc(Cl)cc1N1CCC(CNC(=O)CC(N)c2ccccc2)C1.Cl.Cl. The molecule has 7 heteroatoms. The molecule has 2 unspecified atom stereocenters. The van der Waals surface area contributed by atoms with Gasteiger partial charge in [-0.05, 0) is 42.5 Å². The van der Waals surface area contributed by atoms with Gasteiger partial charge in [0.05, 0.1) is 0 Å². The molecule has 1 saturated heterocycles. The van der Waals surface area contributed by atoms with Crippen molar-refractivity contribution < 1.29 is 4.79 Å². The van der Waals surface area contributed by atoms with Gasteiger partial charge in [0.25, 0.3) is 0 Å². The summed E-state index contributed by atoms with van der Waals surface area (Å²) < 4.78 is 0. The molecule has 4 nitrogen and oxygen atoms in total. The quantitative estimate of drug-likeness (QED) is 0.688. The van der Waals surface area contributed by atoms with Crippen molar-refractivity contribution in [3.63, 3.8) is 0 Å². The molecule has 2 aromatic carbocycles. The molecule has 1 aliphatic rings. The van der Waals surface area contributed by atoms with Gasteiger partial charge in [-0.15, -0.1) is 24.8 Å². The highest BCUT2D eigenvalue weighted by Crippen LogP contribution is 2.29. The maximum atomic E-state index is 12.2. The Bertz CT molecular complexity index is 758. The minimum absolute atomic E-state index is 0. The number of rotatable bonds is 6. The zero-order chi connectivity index (χ0) is 18.5. The first-order valence-electron chi connectivity index (χ1n) is 9.11. The number of carbonyl (C=O) groups is 1. The van der Waals surface area contributed by atoms with E-state index in [0.29, 0.717) is 18.9 Å². The second kappa shape index (κ2) is 11.5. The van der Waals surface area contributed by atoms with E-state index in [-0.39, 0.29) is 36.8 Å². The van der Waals surface area contributed by atoms with Crippen LogP contribution in [-0.4, -0.2) is 25.5 Å². The van der Waals surface area contributed by atoms with Crippen molar-refractivity contribution in [2.24, 2.45) is 11.7 Å². The molecule has 0 aliphatic carbocycles. The monoisotopic (exact) mass is 443 g/mol. The van der Waals surface area contributed by atoms with Crippen LogP contribution in [0.4, 0.5) is 5.69 Å². The summed E-state index contributed by atoms with van der Waals surface area (Å²) in [6, 6.07) is 15.5. The van der Waals surface area contributed by atoms with E-state index in [1.54, 1.807) is 0 Å². The molecule has 2 atom stereocenters. The number of anilines is 1. The van der Waals surface area contributed by atoms with Gasteiger partial charge in [0.1, 0.15) is 0 Å². The molecular weight excluding hydrogens is 417 g/mol. The largest absolute Gasteiger partial charge is 0.371 e. The number of benzene rings is 2. The number of carbonyl (C=O) groups excluding carboxylic acids is 1. The molecule has 1 heterocycles. The number of hydrogen-bond acceptors (Lipinski definition) is 3. The van der Waals surface area contributed by atoms with Gasteiger partial charge in [-0.2, -0.15) is 0 Å². The third-order valence-corrected chi connectivity index (χ3v) is 5.25. The summed E-state index contributed by atoms with van der Waals surface area (Å²) in [5, 5.41) is 3.81. The molecule has 1 amide bonds. The first-order valence-corrected chi connectivity index (χ1v) is 9.49. The normalized spacial score (nSPS) is 16.7. The smallest absolute Gasteiger partial charge is 0.221 e. The highest BCUT2D eigenvalue weighted by Gasteiger charge is 2.24. The van der Waals surface area contributed by atoms with Crippen molar-refractivity contribution in [1.29, 1.82) is 0 Å². The summed E-state index contributed by atoms with van der Waals surface area (Å²) >= 11 is 6.14. The van der Waals surface area contributed by atoms with Gasteiger partial charge in [0.15, 0.2) is 0 Å². The summed E-state index contributed by atoms with van der Waals surface area (Å²) in [7, 11) is 0. The van der Waals surface area contributed by atoms with Crippen molar-refractivity contribution in [2.75, 3.05) is 24.5 Å². The van der Waals surface area contributed by atoms with Crippen LogP contribution >= 0.6 is 36.4 Å². The van der Waals surface area contributed by atoms with Crippen LogP contribution in [0.2, 0.25) is 5.02 Å². The van der Waals surface area contributed by atoms with Crippen molar-refractivity contribution in [3.05, 3.63) is 64.7 Å². The zero-order valence-corrected chi connectivity index (χ0v) is 18.3. The number of hydrogen-bond donors (Lipinski definition) is 2. The Morgan fingerprint density at radius 1 is 1.25 bits per heavy atom. The van der Waals surface area contributed by atoms with Crippen LogP contribution in [0, 0.1) is 12.8 Å². The van der Waals surface area contributed by atoms with Crippen molar-refractivity contribution in [2.45, 2.75) is 25.8 Å². The molecule has 3 N–H and O–H groups in total. The van der Waals surface area contributed by atoms with E-state index in [1.807, 2.05) is 42.5 Å². The Kier molecular flexibility index (Phi) is 10.1. The van der Waals surface area contributed by atoms with Crippen LogP contribution in [0.1, 0.15) is 30.0 Å². The molecule has 1 aliphatic heterocycles. The number of aryl methyl sites for hydroxylation is 1. The van der Waals surface area contributed by atoms with E-state index in [9.17, 15) is 4.79 Å². The van der Waals surface area contributed by atoms with Gasteiger partial charge in [-0.25, -0.2) is 0 Å². The summed E-state index contributed by atoms with van der Waals surface area (Å²) in [4.78, 5) is 14.6. The van der Waals surface area contributed by atoms with Crippen LogP contribution in [0.15, 0.2) is 48.5 Å². The minimum atomic E-state index is -0.259. The third-order valence-electron chi connectivity index (χ3n) is 5.02. The lowest BCUT2D eigenvalue weighted by atomic mass is 10.0. The predicted molar refractivity (Wildman–Crippen MR) is 122 cm³/mol. The molecule has 1 fully saturated rings. The van der Waals surface area contributed by atoms with Crippen molar-refractivity contribution in [1.82, 2.24) is 5.32 Å². The Balaban J connectivity index is 0.00000196. The van der Waals surface area contributed by atoms with E-state index in [2.05, 4.69) is 23.2 Å². The van der Waals surface area contributed by atoms with Gasteiger partial charge < -0.3 is 16.0 Å². The first kappa shape index (κ1) is 24.6. The molecule has 28 heavy (non-hydrogen) atoms. The van der Waals surface area contributed by atoms with Gasteiger partial charge in [-0.1, -0.05) is 48.0 Å². The maximum Gasteiger partial charge on any atom is 0.221 e. The van der Waals surface area contributed by atoms with Gasteiger partial charge >= 0.3 is 0 Å². The van der Waals surface area contributed by atoms with Crippen molar-refractivity contribution in [3.8, 4) is 0 Å². The molecule has 0 saturated carbocycles. The maximum absolute atomic E-state index is 12.2. The topological polar surface area (TPSA) is 58.4 Å². The van der Waals surface area contributed by atoms with E-state index in [1.165, 1.54) is 11.3 Å². The fourth-order valence-corrected chi connectivity index (χ4v) is 3.66. The molecule has 0 spiro atoms. The fraction of sp³-hybridized carbons (Fsp3) is 0.381. The van der Waals surface area contributed by atoms with E-state index < -0.39 is 0 Å². The van der Waals surface area contributed by atoms with Gasteiger partial charge in [-0.3, -0.25) is 4.79 Å². The average molecular weight is 445 g/mol. The fourth-order valence-electron chi connectivity index (χ4n) is 3.49. The van der Waals surface area contributed by atoms with Crippen LogP contribution in [0.3, 0.4) is 0 Å². The lowest BCUT2D eigenvalue weighted by molar-refractivity contribution is -0.121. The Morgan fingerprint density at radius 3 is 2.68 bits per heavy atom. The second-order valence-corrected chi connectivity index (χ2v) is 7.49. The molecular formula is C21H28Cl3N3O. The molecule has 0 radical (unpaired) electrons. The molecule has 154 valence electrons. The zero-order valence-electron chi connectivity index (χ0n) is 15.9. The minimum Gasteiger partial charge on any atom is -0.371 e.